The Morgan fingerprint density at radius 1 is 1.22 bits per heavy atom. The third-order valence-corrected chi connectivity index (χ3v) is 4.34. The van der Waals surface area contributed by atoms with Gasteiger partial charge in [-0.1, -0.05) is 0 Å². The Labute approximate surface area is 107 Å². The van der Waals surface area contributed by atoms with Gasteiger partial charge in [0.2, 0.25) is 0 Å². The lowest BCUT2D eigenvalue weighted by Gasteiger charge is -2.22. The Morgan fingerprint density at radius 3 is 2.56 bits per heavy atom. The van der Waals surface area contributed by atoms with E-state index in [-0.39, 0.29) is 0 Å². The molecule has 2 aliphatic carbocycles. The Bertz CT molecular complexity index is 530. The number of nitriles is 1. The van der Waals surface area contributed by atoms with Crippen LogP contribution in [0.15, 0.2) is 6.07 Å². The number of rotatable bonds is 3. The van der Waals surface area contributed by atoms with Crippen LogP contribution in [0.4, 0.5) is 0 Å². The first-order valence-corrected chi connectivity index (χ1v) is 6.44. The van der Waals surface area contributed by atoms with Gasteiger partial charge in [0, 0.05) is 16.7 Å². The van der Waals surface area contributed by atoms with E-state index in [0.717, 1.165) is 17.1 Å². The summed E-state index contributed by atoms with van der Waals surface area (Å²) in [6.07, 6.45) is 4.10. The van der Waals surface area contributed by atoms with Crippen molar-refractivity contribution < 1.29 is 9.47 Å². The van der Waals surface area contributed by atoms with Crippen molar-refractivity contribution in [2.24, 2.45) is 0 Å². The SMILES string of the molecule is COc1cc(CC#N)c(OC)c2c1C1CCC2C1. The predicted molar refractivity (Wildman–Crippen MR) is 68.2 cm³/mol. The summed E-state index contributed by atoms with van der Waals surface area (Å²) in [5.74, 6) is 3.11. The van der Waals surface area contributed by atoms with Gasteiger partial charge < -0.3 is 9.47 Å². The third-order valence-electron chi connectivity index (χ3n) is 4.34. The molecular formula is C15H17NO2. The van der Waals surface area contributed by atoms with E-state index >= 15 is 0 Å². The molecule has 0 amide bonds. The monoisotopic (exact) mass is 243 g/mol. The van der Waals surface area contributed by atoms with E-state index in [2.05, 4.69) is 6.07 Å². The Morgan fingerprint density at radius 2 is 1.94 bits per heavy atom. The predicted octanol–water partition coefficient (Wildman–Crippen LogP) is 3.13. The number of ether oxygens (including phenoxy) is 2. The van der Waals surface area contributed by atoms with E-state index in [0.29, 0.717) is 18.3 Å². The second-order valence-corrected chi connectivity index (χ2v) is 5.14. The average Bonchev–Trinajstić information content (AvgIpc) is 2.99. The fourth-order valence-electron chi connectivity index (χ4n) is 3.69. The summed E-state index contributed by atoms with van der Waals surface area (Å²) in [7, 11) is 3.42. The molecule has 3 rings (SSSR count). The molecule has 2 bridgehead atoms. The van der Waals surface area contributed by atoms with Crippen LogP contribution in [0.2, 0.25) is 0 Å². The molecule has 1 saturated carbocycles. The highest BCUT2D eigenvalue weighted by Gasteiger charge is 2.42. The highest BCUT2D eigenvalue weighted by molar-refractivity contribution is 5.60. The summed E-state index contributed by atoms with van der Waals surface area (Å²) in [6, 6.07) is 4.20. The number of nitrogens with zero attached hydrogens (tertiary/aromatic N) is 1. The fraction of sp³-hybridized carbons (Fsp3) is 0.533. The molecule has 0 radical (unpaired) electrons. The van der Waals surface area contributed by atoms with Crippen molar-refractivity contribution in [3.05, 3.63) is 22.8 Å². The molecule has 0 aliphatic heterocycles. The summed E-state index contributed by atoms with van der Waals surface area (Å²) < 4.78 is 11.1. The van der Waals surface area contributed by atoms with Gasteiger partial charge in [-0.3, -0.25) is 0 Å². The van der Waals surface area contributed by atoms with Crippen molar-refractivity contribution in [1.29, 1.82) is 5.26 Å². The number of hydrogen-bond donors (Lipinski definition) is 0. The summed E-state index contributed by atoms with van der Waals surface area (Å²) >= 11 is 0. The van der Waals surface area contributed by atoms with E-state index in [4.69, 9.17) is 14.7 Å². The molecule has 2 aliphatic rings. The van der Waals surface area contributed by atoms with Crippen LogP contribution in [0.1, 0.15) is 47.8 Å². The van der Waals surface area contributed by atoms with Gasteiger partial charge in [-0.25, -0.2) is 0 Å². The molecular weight excluding hydrogens is 226 g/mol. The summed E-state index contributed by atoms with van der Waals surface area (Å²) in [6.45, 7) is 0. The van der Waals surface area contributed by atoms with Gasteiger partial charge in [0.1, 0.15) is 11.5 Å². The topological polar surface area (TPSA) is 42.2 Å². The Kier molecular flexibility index (Phi) is 2.66. The van der Waals surface area contributed by atoms with Crippen LogP contribution in [0.5, 0.6) is 11.5 Å². The second kappa shape index (κ2) is 4.20. The van der Waals surface area contributed by atoms with Gasteiger partial charge in [-0.05, 0) is 37.2 Å². The third kappa shape index (κ3) is 1.42. The van der Waals surface area contributed by atoms with Gasteiger partial charge in [-0.15, -0.1) is 0 Å². The molecule has 18 heavy (non-hydrogen) atoms. The lowest BCUT2D eigenvalue weighted by Crippen LogP contribution is -2.06. The minimum Gasteiger partial charge on any atom is -0.496 e. The quantitative estimate of drug-likeness (QED) is 0.819. The second-order valence-electron chi connectivity index (χ2n) is 5.14. The maximum absolute atomic E-state index is 8.94. The molecule has 1 fully saturated rings. The van der Waals surface area contributed by atoms with Gasteiger partial charge in [0.25, 0.3) is 0 Å². The number of benzene rings is 1. The van der Waals surface area contributed by atoms with Crippen LogP contribution in [0.3, 0.4) is 0 Å². The van der Waals surface area contributed by atoms with Crippen molar-refractivity contribution >= 4 is 0 Å². The van der Waals surface area contributed by atoms with Crippen molar-refractivity contribution in [1.82, 2.24) is 0 Å². The minimum absolute atomic E-state index is 0.379. The maximum atomic E-state index is 8.94. The smallest absolute Gasteiger partial charge is 0.127 e. The molecule has 3 nitrogen and oxygen atoms in total. The first-order chi connectivity index (χ1) is 8.80. The molecule has 0 aromatic heterocycles. The zero-order valence-electron chi connectivity index (χ0n) is 10.8. The van der Waals surface area contributed by atoms with Gasteiger partial charge in [0.15, 0.2) is 0 Å². The summed E-state index contributed by atoms with van der Waals surface area (Å²) in [5.41, 5.74) is 3.62. The molecule has 1 aromatic rings. The lowest BCUT2D eigenvalue weighted by atomic mass is 9.88. The zero-order chi connectivity index (χ0) is 12.7. The van der Waals surface area contributed by atoms with E-state index in [1.165, 1.54) is 30.4 Å². The van der Waals surface area contributed by atoms with Crippen molar-refractivity contribution in [3.8, 4) is 17.6 Å². The highest BCUT2D eigenvalue weighted by atomic mass is 16.5. The normalized spacial score (nSPS) is 23.6. The number of fused-ring (bicyclic) bond motifs is 5. The van der Waals surface area contributed by atoms with Crippen LogP contribution in [0.25, 0.3) is 0 Å². The lowest BCUT2D eigenvalue weighted by molar-refractivity contribution is 0.388. The van der Waals surface area contributed by atoms with E-state index in [9.17, 15) is 0 Å². The molecule has 0 heterocycles. The molecule has 0 saturated heterocycles. The van der Waals surface area contributed by atoms with E-state index in [1.54, 1.807) is 14.2 Å². The molecule has 94 valence electrons. The number of methoxy groups -OCH3 is 2. The van der Waals surface area contributed by atoms with Crippen LogP contribution in [-0.2, 0) is 6.42 Å². The largest absolute Gasteiger partial charge is 0.496 e. The van der Waals surface area contributed by atoms with Gasteiger partial charge in [-0.2, -0.15) is 5.26 Å². The van der Waals surface area contributed by atoms with Gasteiger partial charge >= 0.3 is 0 Å². The van der Waals surface area contributed by atoms with E-state index in [1.807, 2.05) is 6.07 Å². The molecule has 0 spiro atoms. The zero-order valence-corrected chi connectivity index (χ0v) is 10.8. The molecule has 2 unspecified atom stereocenters. The maximum Gasteiger partial charge on any atom is 0.127 e. The van der Waals surface area contributed by atoms with E-state index < -0.39 is 0 Å². The first kappa shape index (κ1) is 11.4. The highest BCUT2D eigenvalue weighted by Crippen LogP contribution is 2.59. The molecule has 3 heteroatoms. The number of hydrogen-bond acceptors (Lipinski definition) is 3. The van der Waals surface area contributed by atoms with Crippen LogP contribution >= 0.6 is 0 Å². The van der Waals surface area contributed by atoms with Crippen molar-refractivity contribution in [3.63, 3.8) is 0 Å². The first-order valence-electron chi connectivity index (χ1n) is 6.44. The summed E-state index contributed by atoms with van der Waals surface area (Å²) in [5, 5.41) is 8.94. The van der Waals surface area contributed by atoms with Crippen molar-refractivity contribution in [2.45, 2.75) is 37.5 Å². The Hall–Kier alpha value is -1.69. The summed E-state index contributed by atoms with van der Waals surface area (Å²) in [4.78, 5) is 0. The molecule has 2 atom stereocenters. The standard InChI is InChI=1S/C15H17NO2/c1-17-12-8-11(5-6-16)15(18-2)14-10-4-3-9(7-10)13(12)14/h8-10H,3-5,7H2,1-2H3. The molecule has 0 N–H and O–H groups in total. The minimum atomic E-state index is 0.379. The van der Waals surface area contributed by atoms with Gasteiger partial charge in [0.05, 0.1) is 26.7 Å². The molecule has 1 aromatic carbocycles. The van der Waals surface area contributed by atoms with Crippen LogP contribution < -0.4 is 9.47 Å². The fourth-order valence-corrected chi connectivity index (χ4v) is 3.69. The van der Waals surface area contributed by atoms with Crippen molar-refractivity contribution in [2.75, 3.05) is 14.2 Å². The average molecular weight is 243 g/mol. The Balaban J connectivity index is 2.23. The van der Waals surface area contributed by atoms with Crippen LogP contribution in [-0.4, -0.2) is 14.2 Å². The van der Waals surface area contributed by atoms with Crippen LogP contribution in [0, 0.1) is 11.3 Å².